The number of halogens is 1. The van der Waals surface area contributed by atoms with Gasteiger partial charge in [0.2, 0.25) is 10.0 Å². The molecule has 1 heterocycles. The summed E-state index contributed by atoms with van der Waals surface area (Å²) in [6, 6.07) is 2.90. The molecule has 1 unspecified atom stereocenters. The molecule has 0 aliphatic carbocycles. The van der Waals surface area contributed by atoms with Crippen molar-refractivity contribution in [3.8, 4) is 11.5 Å². The maximum Gasteiger partial charge on any atom is 0.246 e. The van der Waals surface area contributed by atoms with E-state index in [0.29, 0.717) is 29.8 Å². The van der Waals surface area contributed by atoms with E-state index in [9.17, 15) is 8.42 Å². The molecule has 1 saturated heterocycles. The molecule has 0 saturated carbocycles. The number of ether oxygens (including phenoxy) is 2. The third kappa shape index (κ3) is 3.27. The third-order valence-corrected chi connectivity index (χ3v) is 5.86. The molecule has 21 heavy (non-hydrogen) atoms. The van der Waals surface area contributed by atoms with Crippen molar-refractivity contribution in [2.75, 3.05) is 27.3 Å². The summed E-state index contributed by atoms with van der Waals surface area (Å²) in [5.74, 6) is 0.911. The Morgan fingerprint density at radius 2 is 1.90 bits per heavy atom. The molecule has 1 aliphatic rings. The van der Waals surface area contributed by atoms with E-state index < -0.39 is 10.0 Å². The molecule has 7 heteroatoms. The van der Waals surface area contributed by atoms with Crippen LogP contribution < -0.4 is 9.47 Å². The molecule has 1 fully saturated rings. The number of nitrogens with zero attached hydrogens (tertiary/aromatic N) is 1. The summed E-state index contributed by atoms with van der Waals surface area (Å²) in [4.78, 5) is 0.0975. The summed E-state index contributed by atoms with van der Waals surface area (Å²) in [6.45, 7) is 3.11. The van der Waals surface area contributed by atoms with E-state index in [-0.39, 0.29) is 10.6 Å². The van der Waals surface area contributed by atoms with E-state index in [2.05, 4.69) is 6.92 Å². The van der Waals surface area contributed by atoms with Gasteiger partial charge in [0.1, 0.15) is 16.4 Å². The second kappa shape index (κ2) is 6.42. The summed E-state index contributed by atoms with van der Waals surface area (Å²) < 4.78 is 37.5. The van der Waals surface area contributed by atoms with E-state index in [1.807, 2.05) is 0 Å². The zero-order valence-electron chi connectivity index (χ0n) is 12.4. The summed E-state index contributed by atoms with van der Waals surface area (Å²) >= 11 is 6.03. The van der Waals surface area contributed by atoms with Crippen LogP contribution in [0.2, 0.25) is 5.02 Å². The van der Waals surface area contributed by atoms with Crippen LogP contribution in [0.3, 0.4) is 0 Å². The number of hydrogen-bond acceptors (Lipinski definition) is 4. The molecule has 0 spiro atoms. The minimum Gasteiger partial charge on any atom is -0.495 e. The number of methoxy groups -OCH3 is 2. The molecule has 0 bridgehead atoms. The Labute approximate surface area is 130 Å². The van der Waals surface area contributed by atoms with E-state index in [0.717, 1.165) is 12.8 Å². The standard InChI is InChI=1S/C14H20ClNO4S/c1-10-5-4-6-16(9-10)21(17,18)14-8-12(19-2)11(15)7-13(14)20-3/h7-8,10H,4-6,9H2,1-3H3. The Balaban J connectivity index is 2.48. The average molecular weight is 334 g/mol. The number of hydrogen-bond donors (Lipinski definition) is 0. The highest BCUT2D eigenvalue weighted by Crippen LogP contribution is 2.37. The first-order chi connectivity index (χ1) is 9.90. The maximum absolute atomic E-state index is 12.8. The van der Waals surface area contributed by atoms with E-state index >= 15 is 0 Å². The van der Waals surface area contributed by atoms with Crippen LogP contribution in [-0.4, -0.2) is 40.0 Å². The second-order valence-electron chi connectivity index (χ2n) is 5.25. The minimum absolute atomic E-state index is 0.0975. The first kappa shape index (κ1) is 16.4. The van der Waals surface area contributed by atoms with Crippen LogP contribution in [0.1, 0.15) is 19.8 Å². The van der Waals surface area contributed by atoms with Crippen molar-refractivity contribution in [2.24, 2.45) is 5.92 Å². The molecule has 5 nitrogen and oxygen atoms in total. The lowest BCUT2D eigenvalue weighted by Crippen LogP contribution is -2.39. The molecular weight excluding hydrogens is 314 g/mol. The van der Waals surface area contributed by atoms with Crippen LogP contribution >= 0.6 is 11.6 Å². The Morgan fingerprint density at radius 3 is 2.48 bits per heavy atom. The predicted octanol–water partition coefficient (Wildman–Crippen LogP) is 2.78. The van der Waals surface area contributed by atoms with Gasteiger partial charge in [-0.15, -0.1) is 0 Å². The van der Waals surface area contributed by atoms with Gasteiger partial charge in [0, 0.05) is 25.2 Å². The van der Waals surface area contributed by atoms with Crippen molar-refractivity contribution in [2.45, 2.75) is 24.7 Å². The highest BCUT2D eigenvalue weighted by Gasteiger charge is 2.32. The fourth-order valence-corrected chi connectivity index (χ4v) is 4.52. The van der Waals surface area contributed by atoms with Crippen LogP contribution in [0.25, 0.3) is 0 Å². The SMILES string of the molecule is COc1cc(S(=O)(=O)N2CCCC(C)C2)c(OC)cc1Cl. The first-order valence-corrected chi connectivity index (χ1v) is 8.63. The molecule has 1 aromatic rings. The van der Waals surface area contributed by atoms with Gasteiger partial charge in [0.05, 0.1) is 19.2 Å². The zero-order valence-corrected chi connectivity index (χ0v) is 14.0. The van der Waals surface area contributed by atoms with E-state index in [1.54, 1.807) is 0 Å². The van der Waals surface area contributed by atoms with Gasteiger partial charge in [-0.1, -0.05) is 18.5 Å². The van der Waals surface area contributed by atoms with Crippen LogP contribution in [0.5, 0.6) is 11.5 Å². The molecule has 2 rings (SSSR count). The highest BCUT2D eigenvalue weighted by atomic mass is 35.5. The number of sulfonamides is 1. The van der Waals surface area contributed by atoms with Crippen molar-refractivity contribution in [1.82, 2.24) is 4.31 Å². The third-order valence-electron chi connectivity index (χ3n) is 3.68. The molecule has 0 aromatic heterocycles. The summed E-state index contributed by atoms with van der Waals surface area (Å²) in [5.41, 5.74) is 0. The monoisotopic (exact) mass is 333 g/mol. The molecule has 1 aromatic carbocycles. The lowest BCUT2D eigenvalue weighted by atomic mass is 10.0. The smallest absolute Gasteiger partial charge is 0.246 e. The molecule has 1 aliphatic heterocycles. The Morgan fingerprint density at radius 1 is 1.24 bits per heavy atom. The normalized spacial score (nSPS) is 20.3. The van der Waals surface area contributed by atoms with Crippen LogP contribution in [0.15, 0.2) is 17.0 Å². The van der Waals surface area contributed by atoms with Crippen LogP contribution in [0, 0.1) is 5.92 Å². The fraction of sp³-hybridized carbons (Fsp3) is 0.571. The first-order valence-electron chi connectivity index (χ1n) is 6.81. The summed E-state index contributed by atoms with van der Waals surface area (Å²) in [6.07, 6.45) is 1.92. The molecule has 0 N–H and O–H groups in total. The highest BCUT2D eigenvalue weighted by molar-refractivity contribution is 7.89. The van der Waals surface area contributed by atoms with Crippen LogP contribution in [0.4, 0.5) is 0 Å². The molecular formula is C14H20ClNO4S. The summed E-state index contributed by atoms with van der Waals surface area (Å²) in [5, 5.41) is 0.320. The van der Waals surface area contributed by atoms with Gasteiger partial charge in [-0.3, -0.25) is 0 Å². The lowest BCUT2D eigenvalue weighted by molar-refractivity contribution is 0.280. The van der Waals surface area contributed by atoms with Gasteiger partial charge < -0.3 is 9.47 Å². The molecule has 1 atom stereocenters. The topological polar surface area (TPSA) is 55.8 Å². The van der Waals surface area contributed by atoms with Gasteiger partial charge in [-0.2, -0.15) is 4.31 Å². The second-order valence-corrected chi connectivity index (χ2v) is 7.56. The predicted molar refractivity (Wildman–Crippen MR) is 81.7 cm³/mol. The van der Waals surface area contributed by atoms with Gasteiger partial charge >= 0.3 is 0 Å². The molecule has 0 amide bonds. The molecule has 0 radical (unpaired) electrons. The average Bonchev–Trinajstić information content (AvgIpc) is 2.46. The van der Waals surface area contributed by atoms with Gasteiger partial charge in [-0.05, 0) is 18.8 Å². The van der Waals surface area contributed by atoms with E-state index in [4.69, 9.17) is 21.1 Å². The van der Waals surface area contributed by atoms with Crippen molar-refractivity contribution in [3.05, 3.63) is 17.2 Å². The van der Waals surface area contributed by atoms with Crippen molar-refractivity contribution >= 4 is 21.6 Å². The number of piperidine rings is 1. The lowest BCUT2D eigenvalue weighted by Gasteiger charge is -2.30. The van der Waals surface area contributed by atoms with Crippen molar-refractivity contribution in [1.29, 1.82) is 0 Å². The van der Waals surface area contributed by atoms with Crippen molar-refractivity contribution < 1.29 is 17.9 Å². The quantitative estimate of drug-likeness (QED) is 0.850. The number of rotatable bonds is 4. The molecule has 118 valence electrons. The Bertz CT molecular complexity index is 618. The van der Waals surface area contributed by atoms with E-state index in [1.165, 1.54) is 30.7 Å². The zero-order chi connectivity index (χ0) is 15.6. The van der Waals surface area contributed by atoms with Crippen LogP contribution in [-0.2, 0) is 10.0 Å². The minimum atomic E-state index is -3.62. The Kier molecular flexibility index (Phi) is 5.01. The summed E-state index contributed by atoms with van der Waals surface area (Å²) in [7, 11) is -0.739. The van der Waals surface area contributed by atoms with Gasteiger partial charge in [-0.25, -0.2) is 8.42 Å². The Hall–Kier alpha value is -0.980. The largest absolute Gasteiger partial charge is 0.495 e. The maximum atomic E-state index is 12.8. The fourth-order valence-electron chi connectivity index (χ4n) is 2.54. The van der Waals surface area contributed by atoms with Crippen molar-refractivity contribution in [3.63, 3.8) is 0 Å². The van der Waals surface area contributed by atoms with Gasteiger partial charge in [0.25, 0.3) is 0 Å². The van der Waals surface area contributed by atoms with Gasteiger partial charge in [0.15, 0.2) is 0 Å². The number of benzene rings is 1.